The molecule has 2 atom stereocenters. The maximum Gasteiger partial charge on any atom is 0.323 e. The summed E-state index contributed by atoms with van der Waals surface area (Å²) in [6, 6.07) is 0.291. The molecule has 1 aliphatic heterocycles. The van der Waals surface area contributed by atoms with Gasteiger partial charge in [-0.05, 0) is 33.4 Å². The Bertz CT molecular complexity index is 290. The van der Waals surface area contributed by atoms with Crippen LogP contribution in [0, 0.1) is 0 Å². The van der Waals surface area contributed by atoms with Crippen LogP contribution in [0.1, 0.15) is 34.1 Å². The summed E-state index contributed by atoms with van der Waals surface area (Å²) in [5.41, 5.74) is -0.823. The van der Waals surface area contributed by atoms with Gasteiger partial charge in [-0.3, -0.25) is 9.69 Å². The Kier molecular flexibility index (Phi) is 6.23. The first-order valence-electron chi connectivity index (χ1n) is 7.37. The van der Waals surface area contributed by atoms with Crippen molar-refractivity contribution < 1.29 is 9.90 Å². The van der Waals surface area contributed by atoms with Crippen LogP contribution < -0.4 is 5.32 Å². The van der Waals surface area contributed by atoms with E-state index in [4.69, 9.17) is 0 Å². The van der Waals surface area contributed by atoms with Crippen LogP contribution in [0.4, 0.5) is 0 Å². The lowest BCUT2D eigenvalue weighted by Crippen LogP contribution is -2.56. The number of likely N-dealkylation sites (N-methyl/N-ethyl adjacent to an activating group) is 2. The van der Waals surface area contributed by atoms with E-state index in [9.17, 15) is 9.90 Å². The van der Waals surface area contributed by atoms with E-state index in [1.807, 2.05) is 6.92 Å². The van der Waals surface area contributed by atoms with Gasteiger partial charge in [-0.25, -0.2) is 0 Å². The monoisotopic (exact) mass is 271 g/mol. The minimum Gasteiger partial charge on any atom is -0.480 e. The summed E-state index contributed by atoms with van der Waals surface area (Å²) in [6.45, 7) is 14.1. The third-order valence-corrected chi connectivity index (χ3v) is 4.22. The highest BCUT2D eigenvalue weighted by atomic mass is 16.4. The molecule has 5 nitrogen and oxygen atoms in total. The molecule has 0 spiro atoms. The molecule has 1 fully saturated rings. The van der Waals surface area contributed by atoms with Crippen molar-refractivity contribution in [2.75, 3.05) is 39.3 Å². The van der Waals surface area contributed by atoms with E-state index in [1.54, 1.807) is 6.92 Å². The van der Waals surface area contributed by atoms with E-state index in [1.165, 1.54) is 0 Å². The molecule has 19 heavy (non-hydrogen) atoms. The Morgan fingerprint density at radius 1 is 1.32 bits per heavy atom. The highest BCUT2D eigenvalue weighted by molar-refractivity contribution is 5.78. The molecule has 0 bridgehead atoms. The first-order valence-corrected chi connectivity index (χ1v) is 7.37. The summed E-state index contributed by atoms with van der Waals surface area (Å²) < 4.78 is 0. The normalized spacial score (nSPS) is 22.9. The number of carbonyl (C=O) groups is 1. The van der Waals surface area contributed by atoms with Gasteiger partial charge in [-0.2, -0.15) is 0 Å². The van der Waals surface area contributed by atoms with E-state index in [-0.39, 0.29) is 0 Å². The number of piperazine rings is 1. The Hall–Kier alpha value is -0.650. The molecule has 5 heteroatoms. The van der Waals surface area contributed by atoms with Gasteiger partial charge in [0.2, 0.25) is 0 Å². The highest BCUT2D eigenvalue weighted by Gasteiger charge is 2.35. The second-order valence-corrected chi connectivity index (χ2v) is 5.69. The van der Waals surface area contributed by atoms with Crippen LogP contribution in [0.15, 0.2) is 0 Å². The zero-order valence-corrected chi connectivity index (χ0v) is 12.8. The Morgan fingerprint density at radius 2 is 1.89 bits per heavy atom. The fourth-order valence-electron chi connectivity index (χ4n) is 2.87. The molecule has 0 amide bonds. The number of hydrogen-bond acceptors (Lipinski definition) is 4. The standard InChI is InChI=1S/C14H29N3O2/c1-5-15-14(4,13(18)19)11-12(3)17-9-7-16(6-2)8-10-17/h12,15H,5-11H2,1-4H3,(H,18,19). The number of carboxylic acids is 1. The lowest BCUT2D eigenvalue weighted by molar-refractivity contribution is -0.145. The zero-order chi connectivity index (χ0) is 14.5. The van der Waals surface area contributed by atoms with E-state index < -0.39 is 11.5 Å². The second-order valence-electron chi connectivity index (χ2n) is 5.69. The van der Waals surface area contributed by atoms with Crippen LogP contribution >= 0.6 is 0 Å². The highest BCUT2D eigenvalue weighted by Crippen LogP contribution is 2.18. The van der Waals surface area contributed by atoms with Crippen molar-refractivity contribution in [3.8, 4) is 0 Å². The van der Waals surface area contributed by atoms with Crippen LogP contribution in [-0.2, 0) is 4.79 Å². The minimum atomic E-state index is -0.823. The number of aliphatic carboxylic acids is 1. The van der Waals surface area contributed by atoms with Gasteiger partial charge in [0.15, 0.2) is 0 Å². The SMILES string of the molecule is CCNC(C)(CC(C)N1CCN(CC)CC1)C(=O)O. The van der Waals surface area contributed by atoms with Crippen molar-refractivity contribution in [3.63, 3.8) is 0 Å². The molecular formula is C14H29N3O2. The van der Waals surface area contributed by atoms with Crippen LogP contribution in [-0.4, -0.2) is 71.7 Å². The van der Waals surface area contributed by atoms with Crippen molar-refractivity contribution in [1.29, 1.82) is 0 Å². The summed E-state index contributed by atoms with van der Waals surface area (Å²) in [5.74, 6) is -0.756. The molecule has 1 heterocycles. The Morgan fingerprint density at radius 3 is 2.32 bits per heavy atom. The van der Waals surface area contributed by atoms with Crippen molar-refractivity contribution in [3.05, 3.63) is 0 Å². The molecule has 0 aromatic carbocycles. The van der Waals surface area contributed by atoms with Gasteiger partial charge in [0.05, 0.1) is 0 Å². The van der Waals surface area contributed by atoms with Crippen molar-refractivity contribution in [2.24, 2.45) is 0 Å². The lowest BCUT2D eigenvalue weighted by atomic mass is 9.92. The summed E-state index contributed by atoms with van der Waals surface area (Å²) in [5, 5.41) is 12.5. The second kappa shape index (κ2) is 7.22. The van der Waals surface area contributed by atoms with E-state index >= 15 is 0 Å². The molecular weight excluding hydrogens is 242 g/mol. The molecule has 1 aliphatic rings. The maximum atomic E-state index is 11.4. The van der Waals surface area contributed by atoms with Crippen LogP contribution in [0.3, 0.4) is 0 Å². The summed E-state index contributed by atoms with van der Waals surface area (Å²) in [4.78, 5) is 16.3. The van der Waals surface area contributed by atoms with Crippen LogP contribution in [0.5, 0.6) is 0 Å². The predicted octanol–water partition coefficient (Wildman–Crippen LogP) is 0.855. The van der Waals surface area contributed by atoms with Crippen molar-refractivity contribution in [1.82, 2.24) is 15.1 Å². The number of nitrogens with zero attached hydrogens (tertiary/aromatic N) is 2. The number of carboxylic acid groups (broad SMARTS) is 1. The quantitative estimate of drug-likeness (QED) is 0.719. The molecule has 1 rings (SSSR count). The topological polar surface area (TPSA) is 55.8 Å². The first-order chi connectivity index (χ1) is 8.92. The Labute approximate surface area is 117 Å². The summed E-state index contributed by atoms with van der Waals surface area (Å²) >= 11 is 0. The fourth-order valence-corrected chi connectivity index (χ4v) is 2.87. The number of rotatable bonds is 7. The summed E-state index contributed by atoms with van der Waals surface area (Å²) in [7, 11) is 0. The maximum absolute atomic E-state index is 11.4. The minimum absolute atomic E-state index is 0.291. The molecule has 0 aliphatic carbocycles. The molecule has 1 saturated heterocycles. The van der Waals surface area contributed by atoms with Crippen LogP contribution in [0.2, 0.25) is 0 Å². The van der Waals surface area contributed by atoms with Gasteiger partial charge in [-0.15, -0.1) is 0 Å². The third-order valence-electron chi connectivity index (χ3n) is 4.22. The van der Waals surface area contributed by atoms with E-state index in [0.717, 1.165) is 32.7 Å². The van der Waals surface area contributed by atoms with Gasteiger partial charge < -0.3 is 15.3 Å². The van der Waals surface area contributed by atoms with Crippen molar-refractivity contribution in [2.45, 2.75) is 45.7 Å². The number of nitrogens with one attached hydrogen (secondary N) is 1. The summed E-state index contributed by atoms with van der Waals surface area (Å²) in [6.07, 6.45) is 0.641. The predicted molar refractivity (Wildman–Crippen MR) is 77.5 cm³/mol. The van der Waals surface area contributed by atoms with E-state index in [0.29, 0.717) is 19.0 Å². The zero-order valence-electron chi connectivity index (χ0n) is 12.8. The average molecular weight is 271 g/mol. The Balaban J connectivity index is 2.53. The van der Waals surface area contributed by atoms with Crippen LogP contribution in [0.25, 0.3) is 0 Å². The van der Waals surface area contributed by atoms with Crippen molar-refractivity contribution >= 4 is 5.97 Å². The lowest BCUT2D eigenvalue weighted by Gasteiger charge is -2.40. The van der Waals surface area contributed by atoms with Gasteiger partial charge in [0, 0.05) is 32.2 Å². The molecule has 0 saturated carbocycles. The van der Waals surface area contributed by atoms with E-state index in [2.05, 4.69) is 29.0 Å². The molecule has 2 unspecified atom stereocenters. The third kappa shape index (κ3) is 4.44. The largest absolute Gasteiger partial charge is 0.480 e. The average Bonchev–Trinajstić information content (AvgIpc) is 2.38. The molecule has 112 valence electrons. The fraction of sp³-hybridized carbons (Fsp3) is 0.929. The van der Waals surface area contributed by atoms with Gasteiger partial charge in [-0.1, -0.05) is 13.8 Å². The molecule has 0 aromatic rings. The number of hydrogen-bond donors (Lipinski definition) is 2. The van der Waals surface area contributed by atoms with Gasteiger partial charge in [0.25, 0.3) is 0 Å². The van der Waals surface area contributed by atoms with Gasteiger partial charge >= 0.3 is 5.97 Å². The first kappa shape index (κ1) is 16.4. The smallest absolute Gasteiger partial charge is 0.323 e. The molecule has 2 N–H and O–H groups in total. The van der Waals surface area contributed by atoms with Gasteiger partial charge in [0.1, 0.15) is 5.54 Å². The molecule has 0 aromatic heterocycles. The molecule has 0 radical (unpaired) electrons.